The van der Waals surface area contributed by atoms with Crippen molar-refractivity contribution < 1.29 is 14.6 Å². The quantitative estimate of drug-likeness (QED) is 0.941. The first kappa shape index (κ1) is 15.7. The summed E-state index contributed by atoms with van der Waals surface area (Å²) in [7, 11) is 5.48. The van der Waals surface area contributed by atoms with E-state index in [0.717, 1.165) is 36.4 Å². The summed E-state index contributed by atoms with van der Waals surface area (Å²) in [5.74, 6) is 1.86. The van der Waals surface area contributed by atoms with E-state index in [9.17, 15) is 5.11 Å². The molecule has 1 N–H and O–H groups in total. The molecule has 122 valence electrons. The Bertz CT molecular complexity index is 699. The van der Waals surface area contributed by atoms with Crippen LogP contribution in [0.2, 0.25) is 0 Å². The van der Waals surface area contributed by atoms with E-state index in [2.05, 4.69) is 30.1 Å². The smallest absolute Gasteiger partial charge is 0.161 e. The summed E-state index contributed by atoms with van der Waals surface area (Å²) in [6, 6.07) is 11.9. The maximum atomic E-state index is 9.70. The molecular formula is C19H23NO3. The minimum Gasteiger partial charge on any atom is -0.508 e. The molecule has 23 heavy (non-hydrogen) atoms. The van der Waals surface area contributed by atoms with Crippen molar-refractivity contribution in [1.82, 2.24) is 4.90 Å². The lowest BCUT2D eigenvalue weighted by Gasteiger charge is -2.35. The maximum absolute atomic E-state index is 9.70. The fourth-order valence-corrected chi connectivity index (χ4v) is 3.33. The molecule has 4 heteroatoms. The predicted molar refractivity (Wildman–Crippen MR) is 90.4 cm³/mol. The molecular weight excluding hydrogens is 290 g/mol. The van der Waals surface area contributed by atoms with E-state index in [1.807, 2.05) is 12.1 Å². The van der Waals surface area contributed by atoms with Gasteiger partial charge in [0.15, 0.2) is 11.5 Å². The topological polar surface area (TPSA) is 41.9 Å². The van der Waals surface area contributed by atoms with Crippen LogP contribution < -0.4 is 9.47 Å². The van der Waals surface area contributed by atoms with Crippen LogP contribution in [0.5, 0.6) is 17.2 Å². The van der Waals surface area contributed by atoms with Crippen LogP contribution in [-0.2, 0) is 12.8 Å². The Hall–Kier alpha value is -2.20. The number of benzene rings is 2. The van der Waals surface area contributed by atoms with Crippen molar-refractivity contribution in [3.63, 3.8) is 0 Å². The van der Waals surface area contributed by atoms with Crippen LogP contribution >= 0.6 is 0 Å². The first-order chi connectivity index (χ1) is 11.1. The molecule has 3 rings (SSSR count). The maximum Gasteiger partial charge on any atom is 0.161 e. The molecule has 0 bridgehead atoms. The van der Waals surface area contributed by atoms with Crippen molar-refractivity contribution in [2.45, 2.75) is 18.9 Å². The van der Waals surface area contributed by atoms with E-state index in [1.165, 1.54) is 11.1 Å². The Morgan fingerprint density at radius 1 is 1.13 bits per heavy atom. The van der Waals surface area contributed by atoms with Crippen molar-refractivity contribution in [2.24, 2.45) is 0 Å². The lowest BCUT2D eigenvalue weighted by atomic mass is 9.88. The molecule has 1 aliphatic heterocycles. The van der Waals surface area contributed by atoms with Gasteiger partial charge < -0.3 is 14.6 Å². The zero-order valence-electron chi connectivity index (χ0n) is 13.9. The van der Waals surface area contributed by atoms with Crippen LogP contribution in [0, 0.1) is 0 Å². The van der Waals surface area contributed by atoms with E-state index < -0.39 is 0 Å². The minimum atomic E-state index is 0.264. The van der Waals surface area contributed by atoms with Crippen LogP contribution in [0.4, 0.5) is 0 Å². The highest BCUT2D eigenvalue weighted by Gasteiger charge is 2.27. The van der Waals surface area contributed by atoms with Crippen LogP contribution in [0.3, 0.4) is 0 Å². The Labute approximate surface area is 137 Å². The Morgan fingerprint density at radius 3 is 2.57 bits per heavy atom. The highest BCUT2D eigenvalue weighted by molar-refractivity contribution is 5.50. The van der Waals surface area contributed by atoms with E-state index in [4.69, 9.17) is 9.47 Å². The summed E-state index contributed by atoms with van der Waals surface area (Å²) in [6.45, 7) is 1.01. The summed E-state index contributed by atoms with van der Waals surface area (Å²) in [4.78, 5) is 2.36. The molecule has 0 fully saturated rings. The average molecular weight is 313 g/mol. The first-order valence-electron chi connectivity index (χ1n) is 7.85. The van der Waals surface area contributed by atoms with Gasteiger partial charge in [-0.1, -0.05) is 12.1 Å². The minimum absolute atomic E-state index is 0.264. The molecule has 0 aliphatic carbocycles. The largest absolute Gasteiger partial charge is 0.508 e. The van der Waals surface area contributed by atoms with E-state index in [-0.39, 0.29) is 6.04 Å². The Morgan fingerprint density at radius 2 is 1.87 bits per heavy atom. The van der Waals surface area contributed by atoms with Crippen molar-refractivity contribution in [1.29, 1.82) is 0 Å². The van der Waals surface area contributed by atoms with Crippen molar-refractivity contribution in [2.75, 3.05) is 27.8 Å². The molecule has 0 spiro atoms. The first-order valence-corrected chi connectivity index (χ1v) is 7.85. The van der Waals surface area contributed by atoms with Crippen molar-refractivity contribution in [3.8, 4) is 17.2 Å². The second kappa shape index (κ2) is 6.50. The molecule has 4 nitrogen and oxygen atoms in total. The molecule has 0 aromatic heterocycles. The van der Waals surface area contributed by atoms with Crippen LogP contribution in [0.25, 0.3) is 0 Å². The monoisotopic (exact) mass is 313 g/mol. The lowest BCUT2D eigenvalue weighted by Crippen LogP contribution is -2.33. The predicted octanol–water partition coefficient (Wildman–Crippen LogP) is 3.18. The molecule has 1 heterocycles. The number of phenolic OH excluding ortho intramolecular Hbond substituents is 1. The van der Waals surface area contributed by atoms with Gasteiger partial charge in [0.25, 0.3) is 0 Å². The van der Waals surface area contributed by atoms with Gasteiger partial charge in [-0.25, -0.2) is 0 Å². The highest BCUT2D eigenvalue weighted by Crippen LogP contribution is 2.39. The number of nitrogens with zero attached hydrogens (tertiary/aromatic N) is 1. The van der Waals surface area contributed by atoms with Crippen LogP contribution in [-0.4, -0.2) is 37.8 Å². The zero-order valence-corrected chi connectivity index (χ0v) is 13.9. The molecule has 0 unspecified atom stereocenters. The van der Waals surface area contributed by atoms with Crippen LogP contribution in [0.15, 0.2) is 36.4 Å². The van der Waals surface area contributed by atoms with Crippen LogP contribution in [0.1, 0.15) is 22.7 Å². The van der Waals surface area contributed by atoms with Gasteiger partial charge in [0.2, 0.25) is 0 Å². The summed E-state index contributed by atoms with van der Waals surface area (Å²) < 4.78 is 10.9. The summed E-state index contributed by atoms with van der Waals surface area (Å²) >= 11 is 0. The molecule has 2 aromatic rings. The van der Waals surface area contributed by atoms with Gasteiger partial charge >= 0.3 is 0 Å². The molecule has 1 aliphatic rings. The SMILES string of the molecule is COc1cc2c(cc1OC)[C@@H](Cc1cccc(O)c1)N(C)CC2. The standard InChI is InChI=1S/C19H23NO3/c1-20-8-7-14-11-18(22-2)19(23-3)12-16(14)17(20)10-13-5-4-6-15(21)9-13/h4-6,9,11-12,17,21H,7-8,10H2,1-3H3/t17-/m1/s1. The Kier molecular flexibility index (Phi) is 4.44. The van der Waals surface area contributed by atoms with E-state index in [0.29, 0.717) is 5.75 Å². The summed E-state index contributed by atoms with van der Waals surface area (Å²) in [6.07, 6.45) is 1.86. The number of hydrogen-bond donors (Lipinski definition) is 1. The number of hydrogen-bond acceptors (Lipinski definition) is 4. The van der Waals surface area contributed by atoms with Gasteiger partial charge in [0.05, 0.1) is 14.2 Å². The van der Waals surface area contributed by atoms with Gasteiger partial charge in [-0.15, -0.1) is 0 Å². The fraction of sp³-hybridized carbons (Fsp3) is 0.368. The van der Waals surface area contributed by atoms with Gasteiger partial charge in [-0.2, -0.15) is 0 Å². The molecule has 2 aromatic carbocycles. The van der Waals surface area contributed by atoms with Gasteiger partial charge in [0.1, 0.15) is 5.75 Å². The third kappa shape index (κ3) is 3.13. The summed E-state index contributed by atoms with van der Waals surface area (Å²) in [5.41, 5.74) is 3.72. The zero-order chi connectivity index (χ0) is 16.4. The second-order valence-corrected chi connectivity index (χ2v) is 6.03. The van der Waals surface area contributed by atoms with Gasteiger partial charge in [-0.3, -0.25) is 4.90 Å². The number of rotatable bonds is 4. The fourth-order valence-electron chi connectivity index (χ4n) is 3.33. The number of likely N-dealkylation sites (N-methyl/N-ethyl adjacent to an activating group) is 1. The van der Waals surface area contributed by atoms with Crippen molar-refractivity contribution >= 4 is 0 Å². The highest BCUT2D eigenvalue weighted by atomic mass is 16.5. The molecule has 1 atom stereocenters. The molecule has 0 radical (unpaired) electrons. The van der Waals surface area contributed by atoms with Gasteiger partial charge in [-0.05, 0) is 60.8 Å². The molecule has 0 amide bonds. The van der Waals surface area contributed by atoms with Crippen molar-refractivity contribution in [3.05, 3.63) is 53.1 Å². The number of aromatic hydroxyl groups is 1. The normalized spacial score (nSPS) is 17.6. The average Bonchev–Trinajstić information content (AvgIpc) is 2.56. The van der Waals surface area contributed by atoms with E-state index in [1.54, 1.807) is 20.3 Å². The Balaban J connectivity index is 1.98. The third-order valence-electron chi connectivity index (χ3n) is 4.61. The number of ether oxygens (including phenoxy) is 2. The number of phenols is 1. The summed E-state index contributed by atoms with van der Waals surface area (Å²) in [5, 5.41) is 9.70. The number of fused-ring (bicyclic) bond motifs is 1. The number of methoxy groups -OCH3 is 2. The second-order valence-electron chi connectivity index (χ2n) is 6.03. The van der Waals surface area contributed by atoms with Gasteiger partial charge in [0, 0.05) is 12.6 Å². The molecule has 0 saturated heterocycles. The lowest BCUT2D eigenvalue weighted by molar-refractivity contribution is 0.228. The van der Waals surface area contributed by atoms with E-state index >= 15 is 0 Å². The third-order valence-corrected chi connectivity index (χ3v) is 4.61. The molecule has 0 saturated carbocycles.